The van der Waals surface area contributed by atoms with Crippen molar-refractivity contribution in [2.45, 2.75) is 19.8 Å². The fourth-order valence-corrected chi connectivity index (χ4v) is 3.67. The predicted molar refractivity (Wildman–Crippen MR) is 107 cm³/mol. The molecule has 5 nitrogen and oxygen atoms in total. The molecule has 0 atom stereocenters. The minimum atomic E-state index is -2.92. The average Bonchev–Trinajstić information content (AvgIpc) is 2.64. The first-order valence-corrected chi connectivity index (χ1v) is 9.26. The molecule has 3 aromatic rings. The Morgan fingerprint density at radius 2 is 1.96 bits per heavy atom. The highest BCUT2D eigenvalue weighted by molar-refractivity contribution is 9.10. The third-order valence-electron chi connectivity index (χ3n) is 4.24. The Balaban J connectivity index is 1.83. The van der Waals surface area contributed by atoms with Gasteiger partial charge in [0.2, 0.25) is 0 Å². The van der Waals surface area contributed by atoms with Crippen LogP contribution in [0.2, 0.25) is 0 Å². The second-order valence-corrected chi connectivity index (χ2v) is 7.16. The van der Waals surface area contributed by atoms with E-state index in [-0.39, 0.29) is 16.9 Å². The van der Waals surface area contributed by atoms with Crippen molar-refractivity contribution in [1.29, 1.82) is 0 Å². The molecule has 8 heteroatoms. The van der Waals surface area contributed by atoms with Crippen molar-refractivity contribution >= 4 is 26.8 Å². The van der Waals surface area contributed by atoms with Crippen molar-refractivity contribution in [2.75, 3.05) is 14.2 Å². The molecule has 28 heavy (non-hydrogen) atoms. The zero-order valence-electron chi connectivity index (χ0n) is 15.4. The number of rotatable bonds is 7. The number of hydrogen-bond acceptors (Lipinski definition) is 4. The molecule has 0 spiro atoms. The van der Waals surface area contributed by atoms with Crippen LogP contribution in [0.4, 0.5) is 8.78 Å². The van der Waals surface area contributed by atoms with Crippen molar-refractivity contribution in [3.05, 3.63) is 68.9 Å². The molecule has 2 aromatic carbocycles. The molecule has 3 rings (SSSR count). The monoisotopic (exact) mass is 452 g/mol. The van der Waals surface area contributed by atoms with Crippen LogP contribution in [0, 0.1) is 0 Å². The molecule has 148 valence electrons. The lowest BCUT2D eigenvalue weighted by molar-refractivity contribution is -0.0512. The van der Waals surface area contributed by atoms with Gasteiger partial charge in [-0.15, -0.1) is 0 Å². The molecule has 0 N–H and O–H groups in total. The molecule has 0 radical (unpaired) electrons. The fourth-order valence-electron chi connectivity index (χ4n) is 3.08. The molecule has 0 unspecified atom stereocenters. The number of para-hydroxylation sites is 1. The molecule has 0 aliphatic rings. The number of alkyl halides is 2. The summed E-state index contributed by atoms with van der Waals surface area (Å²) in [5.74, 6) is 0.252. The zero-order chi connectivity index (χ0) is 20.3. The Hall–Kier alpha value is -2.45. The molecular formula is C20H19BrF2N2O3. The Bertz CT molecular complexity index is 1040. The lowest BCUT2D eigenvalue weighted by Crippen LogP contribution is -2.23. The van der Waals surface area contributed by atoms with E-state index in [9.17, 15) is 13.6 Å². The maximum absolute atomic E-state index is 12.6. The summed E-state index contributed by atoms with van der Waals surface area (Å²) in [5.41, 5.74) is 1.56. The van der Waals surface area contributed by atoms with Crippen LogP contribution in [-0.2, 0) is 13.2 Å². The summed E-state index contributed by atoms with van der Waals surface area (Å²) in [6.45, 7) is -1.94. The Morgan fingerprint density at radius 3 is 2.68 bits per heavy atom. The Morgan fingerprint density at radius 1 is 1.18 bits per heavy atom. The van der Waals surface area contributed by atoms with Crippen molar-refractivity contribution in [3.63, 3.8) is 0 Å². The Kier molecular flexibility index (Phi) is 6.31. The molecule has 0 saturated heterocycles. The third kappa shape index (κ3) is 4.51. The highest BCUT2D eigenvalue weighted by Gasteiger charge is 2.13. The van der Waals surface area contributed by atoms with E-state index in [1.54, 1.807) is 30.5 Å². The van der Waals surface area contributed by atoms with E-state index < -0.39 is 6.61 Å². The summed E-state index contributed by atoms with van der Waals surface area (Å²) in [6.07, 6.45) is 1.74. The SMILES string of the molecule is COc1ccc(CN(C)Cn2ccc(=O)c3cccc(Br)c32)cc1OC(F)F. The number of nitrogens with zero attached hydrogens (tertiary/aromatic N) is 2. The minimum Gasteiger partial charge on any atom is -0.493 e. The van der Waals surface area contributed by atoms with Crippen LogP contribution in [0.15, 0.2) is 57.9 Å². The first kappa shape index (κ1) is 20.3. The molecule has 0 fully saturated rings. The summed E-state index contributed by atoms with van der Waals surface area (Å²) >= 11 is 3.51. The quantitative estimate of drug-likeness (QED) is 0.530. The van der Waals surface area contributed by atoms with Crippen LogP contribution in [-0.4, -0.2) is 30.2 Å². The van der Waals surface area contributed by atoms with Crippen LogP contribution >= 0.6 is 15.9 Å². The van der Waals surface area contributed by atoms with E-state index >= 15 is 0 Å². The van der Waals surface area contributed by atoms with Gasteiger partial charge in [-0.2, -0.15) is 8.78 Å². The number of hydrogen-bond donors (Lipinski definition) is 0. The van der Waals surface area contributed by atoms with Gasteiger partial charge in [-0.1, -0.05) is 12.1 Å². The van der Waals surface area contributed by atoms with E-state index in [1.165, 1.54) is 13.2 Å². The van der Waals surface area contributed by atoms with E-state index in [2.05, 4.69) is 20.7 Å². The first-order valence-electron chi connectivity index (χ1n) is 8.47. The number of ether oxygens (including phenoxy) is 2. The summed E-state index contributed by atoms with van der Waals surface area (Å²) in [6, 6.07) is 12.0. The van der Waals surface area contributed by atoms with Gasteiger partial charge in [0.1, 0.15) is 0 Å². The van der Waals surface area contributed by atoms with Crippen LogP contribution in [0.1, 0.15) is 5.56 Å². The highest BCUT2D eigenvalue weighted by atomic mass is 79.9. The average molecular weight is 453 g/mol. The van der Waals surface area contributed by atoms with E-state index in [0.29, 0.717) is 18.6 Å². The van der Waals surface area contributed by atoms with Crippen molar-refractivity contribution in [3.8, 4) is 11.5 Å². The van der Waals surface area contributed by atoms with Gasteiger partial charge < -0.3 is 14.0 Å². The molecule has 0 saturated carbocycles. The number of aromatic nitrogens is 1. The van der Waals surface area contributed by atoms with Gasteiger partial charge in [0.05, 0.1) is 19.3 Å². The molecule has 0 aliphatic heterocycles. The highest BCUT2D eigenvalue weighted by Crippen LogP contribution is 2.30. The van der Waals surface area contributed by atoms with Crippen molar-refractivity contribution in [1.82, 2.24) is 9.47 Å². The predicted octanol–water partition coefficient (Wildman–Crippen LogP) is 4.46. The number of halogens is 3. The van der Waals surface area contributed by atoms with Crippen molar-refractivity contribution < 1.29 is 18.3 Å². The van der Waals surface area contributed by atoms with Crippen LogP contribution < -0.4 is 14.9 Å². The molecule has 1 aromatic heterocycles. The second-order valence-electron chi connectivity index (χ2n) is 6.31. The van der Waals surface area contributed by atoms with Crippen LogP contribution in [0.3, 0.4) is 0 Å². The lowest BCUT2D eigenvalue weighted by atomic mass is 10.2. The van der Waals surface area contributed by atoms with Gasteiger partial charge in [0.25, 0.3) is 0 Å². The number of benzene rings is 2. The van der Waals surface area contributed by atoms with E-state index in [4.69, 9.17) is 4.74 Å². The van der Waals surface area contributed by atoms with Gasteiger partial charge in [-0.25, -0.2) is 0 Å². The largest absolute Gasteiger partial charge is 0.493 e. The molecule has 0 bridgehead atoms. The fraction of sp³-hybridized carbons (Fsp3) is 0.250. The molecule has 0 aliphatic carbocycles. The molecule has 1 heterocycles. The summed E-state index contributed by atoms with van der Waals surface area (Å²) in [4.78, 5) is 14.1. The van der Waals surface area contributed by atoms with E-state index in [1.807, 2.05) is 28.6 Å². The summed E-state index contributed by atoms with van der Waals surface area (Å²) in [5, 5.41) is 0.627. The van der Waals surface area contributed by atoms with Gasteiger partial charge in [0, 0.05) is 28.7 Å². The van der Waals surface area contributed by atoms with Crippen LogP contribution in [0.5, 0.6) is 11.5 Å². The maximum atomic E-state index is 12.6. The first-order chi connectivity index (χ1) is 13.4. The van der Waals surface area contributed by atoms with Crippen LogP contribution in [0.25, 0.3) is 10.9 Å². The molecule has 0 amide bonds. The number of pyridine rings is 1. The van der Waals surface area contributed by atoms with Gasteiger partial charge >= 0.3 is 6.61 Å². The zero-order valence-corrected chi connectivity index (χ0v) is 16.9. The van der Waals surface area contributed by atoms with Crippen molar-refractivity contribution in [2.24, 2.45) is 0 Å². The topological polar surface area (TPSA) is 43.7 Å². The standard InChI is InChI=1S/C20H19BrF2N2O3/c1-24(11-13-6-7-17(27-2)18(10-13)28-20(22)23)12-25-9-8-16(26)14-4-3-5-15(21)19(14)25/h3-10,20H,11-12H2,1-2H3. The minimum absolute atomic E-state index is 0.0000416. The number of fused-ring (bicyclic) bond motifs is 1. The maximum Gasteiger partial charge on any atom is 0.387 e. The van der Waals surface area contributed by atoms with E-state index in [0.717, 1.165) is 15.6 Å². The smallest absolute Gasteiger partial charge is 0.387 e. The second kappa shape index (κ2) is 8.70. The normalized spacial score (nSPS) is 11.4. The van der Waals surface area contributed by atoms with Gasteiger partial charge in [0.15, 0.2) is 16.9 Å². The lowest BCUT2D eigenvalue weighted by Gasteiger charge is -2.21. The summed E-state index contributed by atoms with van der Waals surface area (Å²) in [7, 11) is 3.30. The van der Waals surface area contributed by atoms with Gasteiger partial charge in [-0.3, -0.25) is 9.69 Å². The van der Waals surface area contributed by atoms with Gasteiger partial charge in [-0.05, 0) is 52.8 Å². The molecular weight excluding hydrogens is 434 g/mol. The Labute approximate surface area is 169 Å². The number of methoxy groups -OCH3 is 1. The summed E-state index contributed by atoms with van der Waals surface area (Å²) < 4.78 is 37.6. The third-order valence-corrected chi connectivity index (χ3v) is 4.88.